The number of halogens is 1. The van der Waals surface area contributed by atoms with Crippen LogP contribution in [-0.4, -0.2) is 23.9 Å². The summed E-state index contributed by atoms with van der Waals surface area (Å²) < 4.78 is 7.65. The van der Waals surface area contributed by atoms with Gasteiger partial charge in [-0.2, -0.15) is 5.53 Å². The van der Waals surface area contributed by atoms with Gasteiger partial charge in [-0.15, -0.1) is 0 Å². The average Bonchev–Trinajstić information content (AvgIpc) is 2.90. The van der Waals surface area contributed by atoms with Gasteiger partial charge in [-0.3, -0.25) is 10.2 Å². The number of aryl methyl sites for hydroxylation is 2. The first-order valence-electron chi connectivity index (χ1n) is 12.0. The van der Waals surface area contributed by atoms with Crippen molar-refractivity contribution in [1.82, 2.24) is 5.01 Å². The predicted molar refractivity (Wildman–Crippen MR) is 150 cm³/mol. The van der Waals surface area contributed by atoms with Gasteiger partial charge in [0.05, 0.1) is 11.7 Å². The molecular formula is C28H32ClN5O2S. The van der Waals surface area contributed by atoms with Gasteiger partial charge in [0.25, 0.3) is 0 Å². The van der Waals surface area contributed by atoms with Crippen LogP contribution in [0.15, 0.2) is 76.8 Å². The van der Waals surface area contributed by atoms with Crippen LogP contribution >= 0.6 is 23.5 Å². The summed E-state index contributed by atoms with van der Waals surface area (Å²) in [6.07, 6.45) is 2.61. The smallest absolute Gasteiger partial charge is 0.302 e. The third-order valence-electron chi connectivity index (χ3n) is 5.89. The number of carbonyl (C=O) groups is 1. The highest BCUT2D eigenvalue weighted by atomic mass is 35.5. The fourth-order valence-electron chi connectivity index (χ4n) is 4.00. The molecule has 0 amide bonds. The molecule has 0 aliphatic rings. The highest BCUT2D eigenvalue weighted by molar-refractivity contribution is 8.00. The Kier molecular flexibility index (Phi) is 10.5. The predicted octanol–water partition coefficient (Wildman–Crippen LogP) is 7.77. The van der Waals surface area contributed by atoms with Crippen molar-refractivity contribution in [3.63, 3.8) is 0 Å². The van der Waals surface area contributed by atoms with Gasteiger partial charge in [0.1, 0.15) is 12.9 Å². The van der Waals surface area contributed by atoms with Gasteiger partial charge < -0.3 is 9.04 Å². The number of anilines is 1. The first-order chi connectivity index (χ1) is 17.8. The van der Waals surface area contributed by atoms with Crippen LogP contribution in [0.3, 0.4) is 0 Å². The highest BCUT2D eigenvalue weighted by Gasteiger charge is 2.23. The third-order valence-corrected chi connectivity index (χ3v) is 7.34. The van der Waals surface area contributed by atoms with Crippen molar-refractivity contribution in [3.8, 4) is 0 Å². The fraction of sp³-hybridized carbons (Fsp3) is 0.286. The lowest BCUT2D eigenvalue weighted by molar-refractivity contribution is -0.142. The molecule has 0 aliphatic heterocycles. The van der Waals surface area contributed by atoms with Crippen molar-refractivity contribution in [2.75, 3.05) is 10.8 Å². The van der Waals surface area contributed by atoms with E-state index in [1.807, 2.05) is 48.5 Å². The number of ether oxygens (including phenoxy) is 1. The molecule has 0 spiro atoms. The Morgan fingerprint density at radius 1 is 1.14 bits per heavy atom. The Bertz CT molecular complexity index is 1210. The van der Waals surface area contributed by atoms with E-state index in [0.29, 0.717) is 11.6 Å². The van der Waals surface area contributed by atoms with E-state index in [1.165, 1.54) is 23.1 Å². The average molecular weight is 538 g/mol. The van der Waals surface area contributed by atoms with Crippen LogP contribution in [0, 0.1) is 17.9 Å². The van der Waals surface area contributed by atoms with Gasteiger partial charge in [-0.25, -0.2) is 5.01 Å². The van der Waals surface area contributed by atoms with Crippen molar-refractivity contribution in [2.24, 2.45) is 5.22 Å². The number of nitrogens with zero attached hydrogens (tertiary/aromatic N) is 3. The zero-order chi connectivity index (χ0) is 26.8. The van der Waals surface area contributed by atoms with Crippen LogP contribution in [0.25, 0.3) is 0 Å². The van der Waals surface area contributed by atoms with Crippen LogP contribution in [0.1, 0.15) is 48.6 Å². The summed E-state index contributed by atoms with van der Waals surface area (Å²) in [5.41, 5.74) is 12.5. The number of benzene rings is 3. The summed E-state index contributed by atoms with van der Waals surface area (Å²) in [7, 11) is 0. The summed E-state index contributed by atoms with van der Waals surface area (Å²) >= 11 is 7.76. The monoisotopic (exact) mass is 537 g/mol. The zero-order valence-electron chi connectivity index (χ0n) is 21.3. The van der Waals surface area contributed by atoms with E-state index in [0.717, 1.165) is 40.9 Å². The van der Waals surface area contributed by atoms with E-state index in [1.54, 1.807) is 11.9 Å². The van der Waals surface area contributed by atoms with Crippen LogP contribution < -0.4 is 4.31 Å². The molecule has 9 heteroatoms. The summed E-state index contributed by atoms with van der Waals surface area (Å²) in [5, 5.41) is 12.7. The quantitative estimate of drug-likeness (QED) is 0.0580. The number of esters is 1. The molecule has 0 aliphatic carbocycles. The maximum absolute atomic E-state index is 11.6. The molecule has 194 valence electrons. The van der Waals surface area contributed by atoms with Gasteiger partial charge in [-0.1, -0.05) is 53.2 Å². The minimum atomic E-state index is -0.319. The maximum Gasteiger partial charge on any atom is 0.302 e. The van der Waals surface area contributed by atoms with Crippen LogP contribution in [-0.2, 0) is 22.6 Å². The molecule has 2 N–H and O–H groups in total. The molecule has 0 heterocycles. The number of hydrogen-bond donors (Lipinski definition) is 2. The fourth-order valence-corrected chi connectivity index (χ4v) is 5.15. The maximum atomic E-state index is 11.6. The van der Waals surface area contributed by atoms with Crippen molar-refractivity contribution in [1.29, 1.82) is 10.9 Å². The lowest BCUT2D eigenvalue weighted by atomic mass is 9.97. The molecule has 0 fully saturated rings. The van der Waals surface area contributed by atoms with E-state index < -0.39 is 0 Å². The Morgan fingerprint density at radius 3 is 2.54 bits per heavy atom. The van der Waals surface area contributed by atoms with Gasteiger partial charge in [0.2, 0.25) is 0 Å². The Labute approximate surface area is 227 Å². The van der Waals surface area contributed by atoms with Gasteiger partial charge >= 0.3 is 5.97 Å². The van der Waals surface area contributed by atoms with Gasteiger partial charge in [0, 0.05) is 29.0 Å². The van der Waals surface area contributed by atoms with Crippen molar-refractivity contribution in [3.05, 3.63) is 94.0 Å². The molecule has 0 saturated carbocycles. The largest absolute Gasteiger partial charge is 0.461 e. The number of hydrogen-bond acceptors (Lipinski definition) is 7. The molecule has 7 nitrogen and oxygen atoms in total. The Hall–Kier alpha value is -3.36. The lowest BCUT2D eigenvalue weighted by Gasteiger charge is -2.33. The van der Waals surface area contributed by atoms with Crippen molar-refractivity contribution < 1.29 is 9.53 Å². The normalized spacial score (nSPS) is 11.5. The molecule has 0 bridgehead atoms. The van der Waals surface area contributed by atoms with Crippen LogP contribution in [0.5, 0.6) is 0 Å². The highest BCUT2D eigenvalue weighted by Crippen LogP contribution is 2.41. The minimum absolute atomic E-state index is 0.0329. The minimum Gasteiger partial charge on any atom is -0.461 e. The summed E-state index contributed by atoms with van der Waals surface area (Å²) in [6.45, 7) is 6.33. The molecule has 1 unspecified atom stereocenters. The number of rotatable bonds is 13. The first-order valence-corrected chi connectivity index (χ1v) is 13.2. The van der Waals surface area contributed by atoms with Crippen molar-refractivity contribution in [2.45, 2.75) is 51.2 Å². The topological polar surface area (TPSA) is 92.8 Å². The van der Waals surface area contributed by atoms with Crippen molar-refractivity contribution >= 4 is 41.5 Å². The summed E-state index contributed by atoms with van der Waals surface area (Å²) in [4.78, 5) is 12.6. The molecular weight excluding hydrogens is 506 g/mol. The van der Waals surface area contributed by atoms with E-state index in [2.05, 4.69) is 41.6 Å². The molecule has 0 saturated heterocycles. The van der Waals surface area contributed by atoms with Gasteiger partial charge in [-0.05, 0) is 85.7 Å². The second-order valence-corrected chi connectivity index (χ2v) is 10.1. The molecule has 3 aromatic carbocycles. The molecule has 1 atom stereocenters. The molecule has 3 aromatic rings. The summed E-state index contributed by atoms with van der Waals surface area (Å²) in [6, 6.07) is 22.2. The lowest BCUT2D eigenvalue weighted by Crippen LogP contribution is -2.22. The molecule has 3 rings (SSSR count). The second-order valence-electron chi connectivity index (χ2n) is 8.65. The number of nitrogens with one attached hydrogen (secondary N) is 2. The zero-order valence-corrected chi connectivity index (χ0v) is 22.9. The Balaban J connectivity index is 2.00. The van der Waals surface area contributed by atoms with E-state index in [4.69, 9.17) is 27.3 Å². The first kappa shape index (κ1) is 28.2. The molecule has 0 aromatic heterocycles. The number of carbonyl (C=O) groups excluding carboxylic acids is 1. The van der Waals surface area contributed by atoms with Gasteiger partial charge in [0.15, 0.2) is 0 Å². The van der Waals surface area contributed by atoms with E-state index >= 15 is 0 Å². The van der Waals surface area contributed by atoms with E-state index in [9.17, 15) is 4.79 Å². The van der Waals surface area contributed by atoms with Crippen LogP contribution in [0.4, 0.5) is 5.69 Å². The third kappa shape index (κ3) is 8.06. The molecule has 0 radical (unpaired) electrons. The van der Waals surface area contributed by atoms with Crippen LogP contribution in [0.2, 0.25) is 5.02 Å². The molecule has 37 heavy (non-hydrogen) atoms. The standard InChI is InChI=1S/C28H32ClN5O2S/c1-20-10-11-24(18-36-22(3)35)28(17-20)34(37-26-14-12-25(29)13-15-26)21(2)27-9-5-4-7-23(27)8-6-16-33(19-30)32-31/h4-5,7,9-15,17,19,21,30-31H,6,8,16,18H2,1-3H3. The SMILES string of the molecule is CC(=O)OCc1ccc(C)cc1N(Sc1ccc(Cl)cc1)C(C)c1ccccc1CCCN(C=N)N=N. The van der Waals surface area contributed by atoms with E-state index in [-0.39, 0.29) is 18.6 Å². The Morgan fingerprint density at radius 2 is 1.86 bits per heavy atom. The summed E-state index contributed by atoms with van der Waals surface area (Å²) in [5.74, 6) is -0.319. The second kappa shape index (κ2) is 13.8.